The average Bonchev–Trinajstić information content (AvgIpc) is 3.12. The van der Waals surface area contributed by atoms with Gasteiger partial charge in [-0.2, -0.15) is 0 Å². The third-order valence-electron chi connectivity index (χ3n) is 4.07. The van der Waals surface area contributed by atoms with Crippen molar-refractivity contribution >= 4 is 27.3 Å². The number of para-hydroxylation sites is 1. The minimum absolute atomic E-state index is 0.304. The van der Waals surface area contributed by atoms with E-state index in [-0.39, 0.29) is 5.78 Å². The van der Waals surface area contributed by atoms with Crippen LogP contribution in [0.2, 0.25) is 0 Å². The number of nitrogens with zero attached hydrogens (tertiary/aromatic N) is 1. The summed E-state index contributed by atoms with van der Waals surface area (Å²) in [6.45, 7) is 0. The molecule has 0 aliphatic rings. The van der Waals surface area contributed by atoms with Crippen molar-refractivity contribution in [2.75, 3.05) is 0 Å². The van der Waals surface area contributed by atoms with Crippen LogP contribution in [0.1, 0.15) is 22.0 Å². The molecular weight excluding hydrogens is 330 g/mol. The number of fused-ring (bicyclic) bond motifs is 1. The molecule has 0 radical (unpaired) electrons. The molecule has 4 heteroatoms. The molecule has 1 atom stereocenters. The van der Waals surface area contributed by atoms with E-state index < -0.39 is 6.10 Å². The number of benzene rings is 3. The number of thiazole rings is 1. The first-order valence-electron chi connectivity index (χ1n) is 7.95. The molecule has 0 amide bonds. The van der Waals surface area contributed by atoms with Crippen molar-refractivity contribution in [3.63, 3.8) is 0 Å². The predicted molar refractivity (Wildman–Crippen MR) is 101 cm³/mol. The number of Topliss-reactive ketones (excluding diaryl/α,β-unsaturated/α-hetero) is 1. The van der Waals surface area contributed by atoms with Gasteiger partial charge in [-0.3, -0.25) is 4.79 Å². The van der Waals surface area contributed by atoms with Gasteiger partial charge in [-0.15, -0.1) is 11.3 Å². The van der Waals surface area contributed by atoms with Gasteiger partial charge < -0.3 is 5.11 Å². The normalized spacial score (nSPS) is 12.2. The number of carbonyl (C=O) groups is 1. The van der Waals surface area contributed by atoms with Crippen LogP contribution >= 0.6 is 11.3 Å². The average molecular weight is 345 g/mol. The maximum Gasteiger partial charge on any atom is 0.195 e. The van der Waals surface area contributed by atoms with Gasteiger partial charge in [0.25, 0.3) is 0 Å². The summed E-state index contributed by atoms with van der Waals surface area (Å²) >= 11 is 1.62. The van der Waals surface area contributed by atoms with Crippen LogP contribution in [0.25, 0.3) is 20.8 Å². The third kappa shape index (κ3) is 3.09. The SMILES string of the molecule is O=C(c1ccc(-c2nc3ccccc3s2)cc1)C(O)c1ccccc1. The van der Waals surface area contributed by atoms with Crippen LogP contribution in [0, 0.1) is 0 Å². The van der Waals surface area contributed by atoms with Gasteiger partial charge in [0.05, 0.1) is 10.2 Å². The molecule has 0 aliphatic carbocycles. The van der Waals surface area contributed by atoms with Gasteiger partial charge in [0.1, 0.15) is 11.1 Å². The van der Waals surface area contributed by atoms with Crippen LogP contribution < -0.4 is 0 Å². The van der Waals surface area contributed by atoms with Crippen molar-refractivity contribution in [1.82, 2.24) is 4.98 Å². The van der Waals surface area contributed by atoms with Gasteiger partial charge in [-0.1, -0.05) is 66.7 Å². The van der Waals surface area contributed by atoms with E-state index in [2.05, 4.69) is 4.98 Å². The zero-order chi connectivity index (χ0) is 17.2. The van der Waals surface area contributed by atoms with E-state index in [9.17, 15) is 9.90 Å². The molecule has 1 aromatic heterocycles. The van der Waals surface area contributed by atoms with Crippen LogP contribution in [-0.4, -0.2) is 15.9 Å². The first-order chi connectivity index (χ1) is 12.2. The fourth-order valence-electron chi connectivity index (χ4n) is 2.72. The van der Waals surface area contributed by atoms with Crippen molar-refractivity contribution in [2.24, 2.45) is 0 Å². The largest absolute Gasteiger partial charge is 0.380 e. The van der Waals surface area contributed by atoms with Crippen molar-refractivity contribution in [3.05, 3.63) is 90.0 Å². The van der Waals surface area contributed by atoms with E-state index >= 15 is 0 Å². The van der Waals surface area contributed by atoms with E-state index in [1.54, 1.807) is 35.6 Å². The summed E-state index contributed by atoms with van der Waals surface area (Å²) in [5, 5.41) is 11.2. The van der Waals surface area contributed by atoms with E-state index in [1.807, 2.05) is 54.6 Å². The lowest BCUT2D eigenvalue weighted by Crippen LogP contribution is -2.12. The summed E-state index contributed by atoms with van der Waals surface area (Å²) in [7, 11) is 0. The summed E-state index contributed by atoms with van der Waals surface area (Å²) in [5.74, 6) is -0.304. The van der Waals surface area contributed by atoms with Crippen LogP contribution in [0.15, 0.2) is 78.9 Å². The molecule has 1 heterocycles. The summed E-state index contributed by atoms with van der Waals surface area (Å²) in [6.07, 6.45) is -1.14. The standard InChI is InChI=1S/C21H15NO2S/c23-19(14-6-2-1-3-7-14)20(24)15-10-12-16(13-11-15)21-22-17-8-4-5-9-18(17)25-21/h1-13,19,23H. The molecule has 0 saturated heterocycles. The number of hydrogen-bond donors (Lipinski definition) is 1. The summed E-state index contributed by atoms with van der Waals surface area (Å²) < 4.78 is 1.14. The molecule has 25 heavy (non-hydrogen) atoms. The van der Waals surface area contributed by atoms with Crippen molar-refractivity contribution in [3.8, 4) is 10.6 Å². The first kappa shape index (κ1) is 15.7. The fraction of sp³-hybridized carbons (Fsp3) is 0.0476. The molecular formula is C21H15NO2S. The van der Waals surface area contributed by atoms with E-state index in [4.69, 9.17) is 0 Å². The molecule has 0 spiro atoms. The van der Waals surface area contributed by atoms with Gasteiger partial charge in [-0.05, 0) is 17.7 Å². The molecule has 4 rings (SSSR count). The molecule has 4 aromatic rings. The Morgan fingerprint density at radius 3 is 2.28 bits per heavy atom. The molecule has 122 valence electrons. The number of rotatable bonds is 4. The van der Waals surface area contributed by atoms with Gasteiger partial charge >= 0.3 is 0 Å². The minimum atomic E-state index is -1.14. The van der Waals surface area contributed by atoms with E-state index in [0.29, 0.717) is 11.1 Å². The van der Waals surface area contributed by atoms with E-state index in [0.717, 1.165) is 20.8 Å². The summed E-state index contributed by atoms with van der Waals surface area (Å²) in [4.78, 5) is 17.1. The van der Waals surface area contributed by atoms with Gasteiger partial charge in [-0.25, -0.2) is 4.98 Å². The van der Waals surface area contributed by atoms with Gasteiger partial charge in [0.2, 0.25) is 0 Å². The van der Waals surface area contributed by atoms with Crippen molar-refractivity contribution < 1.29 is 9.90 Å². The highest BCUT2D eigenvalue weighted by molar-refractivity contribution is 7.21. The number of hydrogen-bond acceptors (Lipinski definition) is 4. The fourth-order valence-corrected chi connectivity index (χ4v) is 3.69. The summed E-state index contributed by atoms with van der Waals surface area (Å²) in [5.41, 5.74) is 3.03. The molecule has 0 bridgehead atoms. The Labute approximate surface area is 149 Å². The molecule has 0 aliphatic heterocycles. The minimum Gasteiger partial charge on any atom is -0.380 e. The Kier molecular flexibility index (Phi) is 4.14. The van der Waals surface area contributed by atoms with Gasteiger partial charge in [0, 0.05) is 11.1 Å². The highest BCUT2D eigenvalue weighted by atomic mass is 32.1. The Balaban J connectivity index is 1.60. The number of aliphatic hydroxyl groups excluding tert-OH is 1. The van der Waals surface area contributed by atoms with Crippen LogP contribution in [-0.2, 0) is 0 Å². The highest BCUT2D eigenvalue weighted by Crippen LogP contribution is 2.30. The zero-order valence-corrected chi connectivity index (χ0v) is 14.1. The Morgan fingerprint density at radius 2 is 1.56 bits per heavy atom. The predicted octanol–water partition coefficient (Wildman–Crippen LogP) is 4.88. The second-order valence-corrected chi connectivity index (χ2v) is 6.77. The Morgan fingerprint density at radius 1 is 0.880 bits per heavy atom. The summed E-state index contributed by atoms with van der Waals surface area (Å²) in [6, 6.07) is 24.2. The van der Waals surface area contributed by atoms with E-state index in [1.165, 1.54) is 0 Å². The monoisotopic (exact) mass is 345 g/mol. The number of aromatic nitrogens is 1. The van der Waals surface area contributed by atoms with Crippen LogP contribution in [0.3, 0.4) is 0 Å². The lowest BCUT2D eigenvalue weighted by molar-refractivity contribution is 0.0747. The highest BCUT2D eigenvalue weighted by Gasteiger charge is 2.19. The Hall–Kier alpha value is -2.82. The first-order valence-corrected chi connectivity index (χ1v) is 8.77. The second-order valence-electron chi connectivity index (χ2n) is 5.74. The molecule has 3 aromatic carbocycles. The lowest BCUT2D eigenvalue weighted by Gasteiger charge is -2.10. The topological polar surface area (TPSA) is 50.2 Å². The molecule has 0 fully saturated rings. The third-order valence-corrected chi connectivity index (χ3v) is 5.16. The molecule has 3 nitrogen and oxygen atoms in total. The smallest absolute Gasteiger partial charge is 0.195 e. The van der Waals surface area contributed by atoms with Crippen LogP contribution in [0.4, 0.5) is 0 Å². The van der Waals surface area contributed by atoms with Gasteiger partial charge in [0.15, 0.2) is 5.78 Å². The number of carbonyl (C=O) groups excluding carboxylic acids is 1. The number of aliphatic hydroxyl groups is 1. The van der Waals surface area contributed by atoms with Crippen molar-refractivity contribution in [2.45, 2.75) is 6.10 Å². The maximum absolute atomic E-state index is 12.5. The zero-order valence-electron chi connectivity index (χ0n) is 13.3. The molecule has 1 unspecified atom stereocenters. The van der Waals surface area contributed by atoms with Crippen LogP contribution in [0.5, 0.6) is 0 Å². The lowest BCUT2D eigenvalue weighted by atomic mass is 9.99. The quantitative estimate of drug-likeness (QED) is 0.536. The van der Waals surface area contributed by atoms with Crippen molar-refractivity contribution in [1.29, 1.82) is 0 Å². The molecule has 1 N–H and O–H groups in total. The Bertz CT molecular complexity index is 990. The molecule has 0 saturated carbocycles. The number of ketones is 1. The maximum atomic E-state index is 12.5. The second kappa shape index (κ2) is 6.59.